The van der Waals surface area contributed by atoms with Gasteiger partial charge >= 0.3 is 0 Å². The summed E-state index contributed by atoms with van der Waals surface area (Å²) >= 11 is 6.04. The summed E-state index contributed by atoms with van der Waals surface area (Å²) in [7, 11) is -3.01. The van der Waals surface area contributed by atoms with Crippen LogP contribution in [0.15, 0.2) is 12.3 Å². The van der Waals surface area contributed by atoms with E-state index >= 15 is 0 Å². The van der Waals surface area contributed by atoms with E-state index in [0.29, 0.717) is 11.4 Å². The third-order valence-corrected chi connectivity index (χ3v) is 5.18. The van der Waals surface area contributed by atoms with E-state index in [9.17, 15) is 13.2 Å². The Kier molecular flexibility index (Phi) is 5.05. The molecule has 1 N–H and O–H groups in total. The molecule has 2 heterocycles. The quantitative estimate of drug-likeness (QED) is 0.902. The molecule has 0 saturated carbocycles. The molecule has 1 aliphatic rings. The number of hydrogen-bond donors (Lipinski definition) is 1. The predicted molar refractivity (Wildman–Crippen MR) is 82.6 cm³/mol. The summed E-state index contributed by atoms with van der Waals surface area (Å²) in [6, 6.07) is 1.61. The number of nitrogens with one attached hydrogen (secondary N) is 1. The molecule has 0 spiro atoms. The molecule has 0 aromatic carbocycles. The molecule has 6 nitrogen and oxygen atoms in total. The molecule has 116 valence electrons. The van der Waals surface area contributed by atoms with Gasteiger partial charge in [-0.15, -0.1) is 0 Å². The largest absolute Gasteiger partial charge is 0.370 e. The molecule has 1 amide bonds. The average Bonchev–Trinajstić information content (AvgIpc) is 2.46. The van der Waals surface area contributed by atoms with Crippen LogP contribution in [0.5, 0.6) is 0 Å². The van der Waals surface area contributed by atoms with E-state index in [0.717, 1.165) is 13.0 Å². The van der Waals surface area contributed by atoms with Crippen molar-refractivity contribution in [3.8, 4) is 0 Å². The van der Waals surface area contributed by atoms with Crippen LogP contribution < -0.4 is 5.32 Å². The van der Waals surface area contributed by atoms with E-state index in [1.807, 2.05) is 6.92 Å². The Bertz CT molecular complexity index is 620. The molecule has 0 radical (unpaired) electrons. The first kappa shape index (κ1) is 16.0. The van der Waals surface area contributed by atoms with Crippen molar-refractivity contribution in [3.05, 3.63) is 22.8 Å². The van der Waals surface area contributed by atoms with Gasteiger partial charge in [-0.05, 0) is 12.5 Å². The number of sulfone groups is 1. The second kappa shape index (κ2) is 6.62. The number of pyridine rings is 1. The molecule has 21 heavy (non-hydrogen) atoms. The van der Waals surface area contributed by atoms with Crippen LogP contribution in [0.3, 0.4) is 0 Å². The lowest BCUT2D eigenvalue weighted by molar-refractivity contribution is 0.0770. The van der Waals surface area contributed by atoms with Crippen molar-refractivity contribution in [3.63, 3.8) is 0 Å². The lowest BCUT2D eigenvalue weighted by Gasteiger charge is -2.27. The molecule has 0 atom stereocenters. The summed E-state index contributed by atoms with van der Waals surface area (Å²) in [4.78, 5) is 18.1. The number of rotatable bonds is 4. The maximum Gasteiger partial charge on any atom is 0.255 e. The third kappa shape index (κ3) is 4.07. The molecule has 1 aromatic rings. The minimum Gasteiger partial charge on any atom is -0.370 e. The maximum absolute atomic E-state index is 12.4. The van der Waals surface area contributed by atoms with Crippen LogP contribution in [0.2, 0.25) is 5.02 Å². The molecule has 8 heteroatoms. The van der Waals surface area contributed by atoms with E-state index in [1.54, 1.807) is 6.07 Å². The van der Waals surface area contributed by atoms with Gasteiger partial charge in [-0.3, -0.25) is 4.79 Å². The Morgan fingerprint density at radius 3 is 2.71 bits per heavy atom. The second-order valence-corrected chi connectivity index (χ2v) is 7.63. The Morgan fingerprint density at radius 2 is 2.10 bits per heavy atom. The van der Waals surface area contributed by atoms with E-state index < -0.39 is 9.84 Å². The van der Waals surface area contributed by atoms with Crippen molar-refractivity contribution in [2.24, 2.45) is 0 Å². The van der Waals surface area contributed by atoms with Crippen molar-refractivity contribution in [1.29, 1.82) is 0 Å². The first-order valence-electron chi connectivity index (χ1n) is 6.82. The Labute approximate surface area is 129 Å². The molecule has 0 bridgehead atoms. The minimum absolute atomic E-state index is 0.00237. The summed E-state index contributed by atoms with van der Waals surface area (Å²) in [5.41, 5.74) is 0.351. The standard InChI is InChI=1S/C13H18ClN3O3S/c1-2-3-15-12-8-10(11(14)9-16-12)13(18)17-4-6-21(19,20)7-5-17/h8-9H,2-7H2,1H3,(H,15,16). The highest BCUT2D eigenvalue weighted by molar-refractivity contribution is 7.91. The van der Waals surface area contributed by atoms with Crippen molar-refractivity contribution >= 4 is 33.2 Å². The van der Waals surface area contributed by atoms with Gasteiger partial charge in [0, 0.05) is 25.8 Å². The van der Waals surface area contributed by atoms with Crippen LogP contribution in [0.4, 0.5) is 5.82 Å². The molecule has 1 fully saturated rings. The first-order valence-corrected chi connectivity index (χ1v) is 9.02. The number of aromatic nitrogens is 1. The monoisotopic (exact) mass is 331 g/mol. The zero-order chi connectivity index (χ0) is 15.5. The minimum atomic E-state index is -3.01. The van der Waals surface area contributed by atoms with Gasteiger partial charge < -0.3 is 10.2 Å². The van der Waals surface area contributed by atoms with Crippen LogP contribution in [-0.2, 0) is 9.84 Å². The van der Waals surface area contributed by atoms with Gasteiger partial charge in [-0.1, -0.05) is 18.5 Å². The van der Waals surface area contributed by atoms with Crippen LogP contribution in [-0.4, -0.2) is 55.3 Å². The summed E-state index contributed by atoms with van der Waals surface area (Å²) in [6.45, 7) is 3.20. The van der Waals surface area contributed by atoms with Gasteiger partial charge in [0.2, 0.25) is 0 Å². The summed E-state index contributed by atoms with van der Waals surface area (Å²) in [5, 5.41) is 3.37. The van der Waals surface area contributed by atoms with Crippen molar-refractivity contribution in [2.75, 3.05) is 36.5 Å². The van der Waals surface area contributed by atoms with Gasteiger partial charge in [-0.25, -0.2) is 13.4 Å². The number of carbonyl (C=O) groups is 1. The van der Waals surface area contributed by atoms with Crippen LogP contribution in [0.1, 0.15) is 23.7 Å². The van der Waals surface area contributed by atoms with Gasteiger partial charge in [0.05, 0.1) is 22.1 Å². The number of nitrogens with zero attached hydrogens (tertiary/aromatic N) is 2. The summed E-state index contributed by atoms with van der Waals surface area (Å²) in [5.74, 6) is 0.344. The lowest BCUT2D eigenvalue weighted by Crippen LogP contribution is -2.43. The predicted octanol–water partition coefficient (Wildman–Crippen LogP) is 1.43. The average molecular weight is 332 g/mol. The smallest absolute Gasteiger partial charge is 0.255 e. The van der Waals surface area contributed by atoms with Gasteiger partial charge in [0.15, 0.2) is 9.84 Å². The van der Waals surface area contributed by atoms with E-state index in [-0.39, 0.29) is 35.5 Å². The molecular weight excluding hydrogens is 314 g/mol. The molecule has 1 aliphatic heterocycles. The fraction of sp³-hybridized carbons (Fsp3) is 0.538. The summed E-state index contributed by atoms with van der Waals surface area (Å²) < 4.78 is 22.8. The van der Waals surface area contributed by atoms with Crippen molar-refractivity contribution in [2.45, 2.75) is 13.3 Å². The SMILES string of the molecule is CCCNc1cc(C(=O)N2CCS(=O)(=O)CC2)c(Cl)cn1. The Morgan fingerprint density at radius 1 is 1.43 bits per heavy atom. The lowest BCUT2D eigenvalue weighted by atomic mass is 10.2. The first-order chi connectivity index (χ1) is 9.93. The molecule has 0 unspecified atom stereocenters. The highest BCUT2D eigenvalue weighted by Crippen LogP contribution is 2.21. The molecule has 1 saturated heterocycles. The van der Waals surface area contributed by atoms with Gasteiger partial charge in [0.1, 0.15) is 5.82 Å². The number of anilines is 1. The number of carbonyl (C=O) groups excluding carboxylic acids is 1. The van der Waals surface area contributed by atoms with Gasteiger partial charge in [-0.2, -0.15) is 0 Å². The number of amides is 1. The van der Waals surface area contributed by atoms with Crippen LogP contribution >= 0.6 is 11.6 Å². The number of hydrogen-bond acceptors (Lipinski definition) is 5. The fourth-order valence-corrected chi connectivity index (χ4v) is 3.42. The van der Waals surface area contributed by atoms with Gasteiger partial charge in [0.25, 0.3) is 5.91 Å². The Balaban J connectivity index is 2.15. The molecular formula is C13H18ClN3O3S. The van der Waals surface area contributed by atoms with Crippen molar-refractivity contribution in [1.82, 2.24) is 9.88 Å². The molecule has 1 aromatic heterocycles. The summed E-state index contributed by atoms with van der Waals surface area (Å²) in [6.07, 6.45) is 2.38. The molecule has 0 aliphatic carbocycles. The zero-order valence-electron chi connectivity index (χ0n) is 11.8. The zero-order valence-corrected chi connectivity index (χ0v) is 13.4. The normalized spacial score (nSPS) is 17.5. The highest BCUT2D eigenvalue weighted by atomic mass is 35.5. The number of halogens is 1. The third-order valence-electron chi connectivity index (χ3n) is 3.27. The Hall–Kier alpha value is -1.34. The second-order valence-electron chi connectivity index (χ2n) is 4.92. The maximum atomic E-state index is 12.4. The van der Waals surface area contributed by atoms with E-state index in [1.165, 1.54) is 11.1 Å². The van der Waals surface area contributed by atoms with Crippen molar-refractivity contribution < 1.29 is 13.2 Å². The van der Waals surface area contributed by atoms with E-state index in [2.05, 4.69) is 10.3 Å². The molecule has 2 rings (SSSR count). The van der Waals surface area contributed by atoms with E-state index in [4.69, 9.17) is 11.6 Å². The fourth-order valence-electron chi connectivity index (χ4n) is 2.04. The topological polar surface area (TPSA) is 79.4 Å². The van der Waals surface area contributed by atoms with Crippen LogP contribution in [0, 0.1) is 0 Å². The van der Waals surface area contributed by atoms with Crippen LogP contribution in [0.25, 0.3) is 0 Å². The highest BCUT2D eigenvalue weighted by Gasteiger charge is 2.27.